The zero-order valence-electron chi connectivity index (χ0n) is 12.8. The molecule has 0 radical (unpaired) electrons. The summed E-state index contributed by atoms with van der Waals surface area (Å²) in [6, 6.07) is 16.6. The van der Waals surface area contributed by atoms with Crippen LogP contribution in [0.1, 0.15) is 40.7 Å². The first-order valence-corrected chi connectivity index (χ1v) is 7.77. The highest BCUT2D eigenvalue weighted by atomic mass is 16.5. The SMILES string of the molecule is CC1c2ccccc2C(=O)[C@@]12CC(c1ccccc1)=[N+]([O-])C2O. The van der Waals surface area contributed by atoms with Crippen LogP contribution < -0.4 is 0 Å². The fourth-order valence-electron chi connectivity index (χ4n) is 4.04. The molecule has 0 amide bonds. The van der Waals surface area contributed by atoms with Crippen LogP contribution in [0.2, 0.25) is 0 Å². The number of benzene rings is 2. The summed E-state index contributed by atoms with van der Waals surface area (Å²) in [5.74, 6) is -0.321. The van der Waals surface area contributed by atoms with Gasteiger partial charge in [-0.2, -0.15) is 4.74 Å². The molecule has 0 saturated carbocycles. The van der Waals surface area contributed by atoms with E-state index in [1.807, 2.05) is 55.5 Å². The van der Waals surface area contributed by atoms with Gasteiger partial charge in [0.05, 0.1) is 6.42 Å². The van der Waals surface area contributed by atoms with Crippen molar-refractivity contribution < 1.29 is 14.6 Å². The number of carbonyl (C=O) groups is 1. The minimum atomic E-state index is -1.35. The van der Waals surface area contributed by atoms with Gasteiger partial charge in [0.15, 0.2) is 11.5 Å². The molecule has 1 spiro atoms. The van der Waals surface area contributed by atoms with E-state index in [2.05, 4.69) is 0 Å². The number of hydrogen-bond acceptors (Lipinski definition) is 3. The van der Waals surface area contributed by atoms with Crippen molar-refractivity contribution in [2.24, 2.45) is 5.41 Å². The molecule has 1 aliphatic heterocycles. The first-order chi connectivity index (χ1) is 11.1. The van der Waals surface area contributed by atoms with Gasteiger partial charge in [-0.15, -0.1) is 0 Å². The molecule has 4 nitrogen and oxygen atoms in total. The van der Waals surface area contributed by atoms with Crippen LogP contribution in [0, 0.1) is 10.6 Å². The minimum Gasteiger partial charge on any atom is -0.622 e. The van der Waals surface area contributed by atoms with E-state index >= 15 is 0 Å². The van der Waals surface area contributed by atoms with Gasteiger partial charge in [-0.1, -0.05) is 49.4 Å². The molecule has 0 fully saturated rings. The third-order valence-electron chi connectivity index (χ3n) is 5.38. The number of aliphatic hydroxyl groups excluding tert-OH is 1. The molecule has 0 aromatic heterocycles. The maximum Gasteiger partial charge on any atom is 0.279 e. The number of rotatable bonds is 1. The van der Waals surface area contributed by atoms with Gasteiger partial charge in [0.1, 0.15) is 5.41 Å². The number of hydroxylamine groups is 1. The average molecular weight is 307 g/mol. The van der Waals surface area contributed by atoms with Crippen molar-refractivity contribution in [2.45, 2.75) is 25.5 Å². The molecule has 23 heavy (non-hydrogen) atoms. The molecule has 1 heterocycles. The van der Waals surface area contributed by atoms with Crippen molar-refractivity contribution in [2.75, 3.05) is 0 Å². The first-order valence-electron chi connectivity index (χ1n) is 7.77. The van der Waals surface area contributed by atoms with E-state index < -0.39 is 11.6 Å². The van der Waals surface area contributed by atoms with Crippen LogP contribution in [0.15, 0.2) is 54.6 Å². The Hall–Kier alpha value is -2.46. The molecular formula is C19H17NO3. The summed E-state index contributed by atoms with van der Waals surface area (Å²) in [7, 11) is 0. The van der Waals surface area contributed by atoms with E-state index in [9.17, 15) is 15.1 Å². The molecule has 4 heteroatoms. The fraction of sp³-hybridized carbons (Fsp3) is 0.263. The molecule has 1 N–H and O–H groups in total. The lowest BCUT2D eigenvalue weighted by atomic mass is 9.72. The number of aliphatic hydroxyl groups is 1. The van der Waals surface area contributed by atoms with Crippen molar-refractivity contribution in [3.63, 3.8) is 0 Å². The Kier molecular flexibility index (Phi) is 2.93. The number of fused-ring (bicyclic) bond motifs is 1. The predicted molar refractivity (Wildman–Crippen MR) is 86.4 cm³/mol. The van der Waals surface area contributed by atoms with Crippen LogP contribution in [-0.4, -0.2) is 27.6 Å². The quantitative estimate of drug-likeness (QED) is 0.651. The van der Waals surface area contributed by atoms with Crippen molar-refractivity contribution >= 4 is 11.5 Å². The van der Waals surface area contributed by atoms with E-state index in [0.717, 1.165) is 11.1 Å². The Bertz CT molecular complexity index is 828. The molecule has 2 aliphatic rings. The summed E-state index contributed by atoms with van der Waals surface area (Å²) in [6.45, 7) is 1.93. The smallest absolute Gasteiger partial charge is 0.279 e. The number of ketones is 1. The van der Waals surface area contributed by atoms with Crippen molar-refractivity contribution in [1.29, 1.82) is 0 Å². The summed E-state index contributed by atoms with van der Waals surface area (Å²) in [5.41, 5.74) is 1.69. The molecular weight excluding hydrogens is 290 g/mol. The second kappa shape index (κ2) is 4.77. The lowest BCUT2D eigenvalue weighted by molar-refractivity contribution is -0.556. The van der Waals surface area contributed by atoms with Crippen LogP contribution in [0.25, 0.3) is 0 Å². The van der Waals surface area contributed by atoms with Gasteiger partial charge in [-0.25, -0.2) is 0 Å². The summed E-state index contributed by atoms with van der Waals surface area (Å²) in [4.78, 5) is 13.0. The topological polar surface area (TPSA) is 63.4 Å². The molecule has 4 rings (SSSR count). The highest BCUT2D eigenvalue weighted by Gasteiger charge is 2.64. The van der Waals surface area contributed by atoms with Gasteiger partial charge in [-0.3, -0.25) is 4.79 Å². The van der Waals surface area contributed by atoms with E-state index in [1.165, 1.54) is 0 Å². The Morgan fingerprint density at radius 2 is 1.78 bits per heavy atom. The Balaban J connectivity index is 1.83. The van der Waals surface area contributed by atoms with Gasteiger partial charge < -0.3 is 10.3 Å². The molecule has 0 bridgehead atoms. The molecule has 2 aromatic rings. The second-order valence-corrected chi connectivity index (χ2v) is 6.37. The van der Waals surface area contributed by atoms with Gasteiger partial charge in [0.25, 0.3) is 6.23 Å². The Labute approximate surface area is 134 Å². The van der Waals surface area contributed by atoms with E-state index in [-0.39, 0.29) is 18.1 Å². The lowest BCUT2D eigenvalue weighted by Gasteiger charge is -2.27. The number of nitrogens with zero attached hydrogens (tertiary/aromatic N) is 1. The van der Waals surface area contributed by atoms with Crippen LogP contribution in [-0.2, 0) is 0 Å². The third kappa shape index (κ3) is 1.70. The van der Waals surface area contributed by atoms with Gasteiger partial charge >= 0.3 is 0 Å². The normalized spacial score (nSPS) is 29.4. The molecule has 3 atom stereocenters. The molecule has 1 aliphatic carbocycles. The molecule has 116 valence electrons. The monoisotopic (exact) mass is 307 g/mol. The summed E-state index contributed by atoms with van der Waals surface area (Å²) in [5, 5.41) is 23.3. The Morgan fingerprint density at radius 3 is 2.48 bits per heavy atom. The number of carbonyl (C=O) groups excluding carboxylic acids is 1. The molecule has 2 unspecified atom stereocenters. The third-order valence-corrected chi connectivity index (χ3v) is 5.38. The maximum atomic E-state index is 13.0. The number of hydrogen-bond donors (Lipinski definition) is 1. The summed E-state index contributed by atoms with van der Waals surface area (Å²) >= 11 is 0. The van der Waals surface area contributed by atoms with Gasteiger partial charge in [-0.05, 0) is 17.7 Å². The first kappa shape index (κ1) is 14.2. The number of Topliss-reactive ketones (excluding diaryl/α,β-unsaturated/α-hetero) is 1. The van der Waals surface area contributed by atoms with Crippen LogP contribution in [0.4, 0.5) is 0 Å². The fourth-order valence-corrected chi connectivity index (χ4v) is 4.04. The van der Waals surface area contributed by atoms with Crippen LogP contribution >= 0.6 is 0 Å². The minimum absolute atomic E-state index is 0.125. The maximum absolute atomic E-state index is 13.0. The van der Waals surface area contributed by atoms with Crippen molar-refractivity contribution in [3.05, 3.63) is 76.5 Å². The average Bonchev–Trinajstić information content (AvgIpc) is 2.98. The molecule has 0 saturated heterocycles. The predicted octanol–water partition coefficient (Wildman–Crippen LogP) is 2.69. The zero-order valence-corrected chi connectivity index (χ0v) is 12.8. The van der Waals surface area contributed by atoms with E-state index in [0.29, 0.717) is 16.0 Å². The summed E-state index contributed by atoms with van der Waals surface area (Å²) < 4.78 is 0.621. The standard InChI is InChI=1S/C19H17NO3/c1-12-14-9-5-6-10-15(14)17(21)19(12)11-16(20(23)18(19)22)13-7-3-2-4-8-13/h2-10,12,18,22H,11H2,1H3/t12?,18?,19-/m1/s1. The van der Waals surface area contributed by atoms with Gasteiger partial charge in [0, 0.05) is 17.0 Å². The highest BCUT2D eigenvalue weighted by Crippen LogP contribution is 2.54. The summed E-state index contributed by atoms with van der Waals surface area (Å²) in [6.07, 6.45) is -1.09. The Morgan fingerprint density at radius 1 is 1.13 bits per heavy atom. The van der Waals surface area contributed by atoms with Crippen LogP contribution in [0.3, 0.4) is 0 Å². The van der Waals surface area contributed by atoms with Crippen molar-refractivity contribution in [3.8, 4) is 0 Å². The van der Waals surface area contributed by atoms with E-state index in [4.69, 9.17) is 0 Å². The zero-order chi connectivity index (χ0) is 16.2. The second-order valence-electron chi connectivity index (χ2n) is 6.37. The van der Waals surface area contributed by atoms with E-state index in [1.54, 1.807) is 6.07 Å². The molecule has 2 aromatic carbocycles. The van der Waals surface area contributed by atoms with Crippen LogP contribution in [0.5, 0.6) is 0 Å². The largest absolute Gasteiger partial charge is 0.622 e. The lowest BCUT2D eigenvalue weighted by Crippen LogP contribution is -2.42. The van der Waals surface area contributed by atoms with Crippen molar-refractivity contribution in [1.82, 2.24) is 0 Å². The highest BCUT2D eigenvalue weighted by molar-refractivity contribution is 6.11. The van der Waals surface area contributed by atoms with Gasteiger partial charge in [0.2, 0.25) is 0 Å².